The molecule has 0 bridgehead atoms. The molecule has 1 aromatic rings. The van der Waals surface area contributed by atoms with Crippen LogP contribution in [0.5, 0.6) is 0 Å². The van der Waals surface area contributed by atoms with Crippen molar-refractivity contribution in [3.05, 3.63) is 12.2 Å². The van der Waals surface area contributed by atoms with Gasteiger partial charge in [0.25, 0.3) is 0 Å². The van der Waals surface area contributed by atoms with E-state index in [4.69, 9.17) is 0 Å². The van der Waals surface area contributed by atoms with Crippen LogP contribution in [0.4, 0.5) is 0 Å². The zero-order chi connectivity index (χ0) is 7.84. The third-order valence-electron chi connectivity index (χ3n) is 2.32. The Morgan fingerprint density at radius 2 is 2.45 bits per heavy atom. The van der Waals surface area contributed by atoms with Gasteiger partial charge in [-0.1, -0.05) is 0 Å². The highest BCUT2D eigenvalue weighted by Crippen LogP contribution is 2.35. The summed E-state index contributed by atoms with van der Waals surface area (Å²) in [6, 6.07) is 0. The molecule has 0 aromatic carbocycles. The van der Waals surface area contributed by atoms with E-state index in [1.54, 1.807) is 6.33 Å². The maximum atomic E-state index is 9.32. The lowest BCUT2D eigenvalue weighted by molar-refractivity contribution is 0.0607. The molecule has 4 heteroatoms. The number of aliphatic hydroxyl groups is 1. The topological polar surface area (TPSA) is 50.9 Å². The van der Waals surface area contributed by atoms with Crippen molar-refractivity contribution in [2.75, 3.05) is 0 Å². The first-order chi connectivity index (χ1) is 5.29. The van der Waals surface area contributed by atoms with E-state index in [1.807, 2.05) is 11.6 Å². The first-order valence-electron chi connectivity index (χ1n) is 3.81. The summed E-state index contributed by atoms with van der Waals surface area (Å²) in [4.78, 5) is 0. The van der Waals surface area contributed by atoms with E-state index in [2.05, 4.69) is 10.2 Å². The van der Waals surface area contributed by atoms with E-state index in [1.165, 1.54) is 0 Å². The number of aromatic nitrogens is 3. The number of hydrogen-bond donors (Lipinski definition) is 1. The molecule has 0 saturated heterocycles. The summed E-state index contributed by atoms with van der Waals surface area (Å²) in [7, 11) is 1.90. The van der Waals surface area contributed by atoms with Crippen molar-refractivity contribution in [1.82, 2.24) is 14.8 Å². The van der Waals surface area contributed by atoms with E-state index < -0.39 is 0 Å². The van der Waals surface area contributed by atoms with Gasteiger partial charge in [-0.3, -0.25) is 0 Å². The summed E-state index contributed by atoms with van der Waals surface area (Å²) in [5.74, 6) is 1.13. The Morgan fingerprint density at radius 3 is 2.82 bits per heavy atom. The van der Waals surface area contributed by atoms with E-state index in [0.717, 1.165) is 18.7 Å². The van der Waals surface area contributed by atoms with Crippen molar-refractivity contribution in [3.8, 4) is 0 Å². The van der Waals surface area contributed by atoms with Gasteiger partial charge in [0.15, 0.2) is 0 Å². The molecule has 1 aliphatic carbocycles. The van der Waals surface area contributed by atoms with Gasteiger partial charge in [0.2, 0.25) is 0 Å². The molecule has 0 radical (unpaired) electrons. The number of aryl methyl sites for hydroxylation is 1. The van der Waals surface area contributed by atoms with Gasteiger partial charge in [0.1, 0.15) is 12.2 Å². The molecular formula is C7H11N3O. The van der Waals surface area contributed by atoms with Gasteiger partial charge in [0, 0.05) is 13.0 Å². The minimum Gasteiger partial charge on any atom is -0.392 e. The smallest absolute Gasteiger partial charge is 0.138 e. The molecule has 1 fully saturated rings. The zero-order valence-corrected chi connectivity index (χ0v) is 6.44. The van der Waals surface area contributed by atoms with Gasteiger partial charge in [-0.15, -0.1) is 10.2 Å². The number of aliphatic hydroxyl groups excluding tert-OH is 1. The first kappa shape index (κ1) is 6.79. The maximum Gasteiger partial charge on any atom is 0.138 e. The van der Waals surface area contributed by atoms with Crippen molar-refractivity contribution in [1.29, 1.82) is 0 Å². The molecule has 1 saturated carbocycles. The zero-order valence-electron chi connectivity index (χ0n) is 6.44. The lowest BCUT2D eigenvalue weighted by atomic mass is 9.81. The van der Waals surface area contributed by atoms with Gasteiger partial charge in [-0.2, -0.15) is 0 Å². The lowest BCUT2D eigenvalue weighted by Gasteiger charge is -2.30. The minimum atomic E-state index is -0.196. The average molecular weight is 153 g/mol. The van der Waals surface area contributed by atoms with Crippen LogP contribution in [0.1, 0.15) is 24.6 Å². The van der Waals surface area contributed by atoms with E-state index in [9.17, 15) is 5.11 Å². The molecule has 2 atom stereocenters. The number of nitrogens with zero attached hydrogens (tertiary/aromatic N) is 3. The highest BCUT2D eigenvalue weighted by atomic mass is 16.3. The van der Waals surface area contributed by atoms with E-state index in [-0.39, 0.29) is 12.0 Å². The summed E-state index contributed by atoms with van der Waals surface area (Å²) in [5.41, 5.74) is 0. The van der Waals surface area contributed by atoms with Crippen LogP contribution in [-0.4, -0.2) is 26.0 Å². The van der Waals surface area contributed by atoms with Gasteiger partial charge >= 0.3 is 0 Å². The standard InChI is InChI=1S/C7H11N3O/c1-10-4-8-9-7(10)5-2-3-6(5)11/h4-6,11H,2-3H2,1H3. The molecule has 0 amide bonds. The lowest BCUT2D eigenvalue weighted by Crippen LogP contribution is -2.30. The molecule has 1 aromatic heterocycles. The summed E-state index contributed by atoms with van der Waals surface area (Å²) in [5, 5.41) is 17.0. The van der Waals surface area contributed by atoms with Crippen molar-refractivity contribution >= 4 is 0 Å². The Bertz CT molecular complexity index is 258. The van der Waals surface area contributed by atoms with Crippen LogP contribution in [0, 0.1) is 0 Å². The average Bonchev–Trinajstić information content (AvgIpc) is 2.34. The second-order valence-corrected chi connectivity index (χ2v) is 3.05. The molecule has 2 rings (SSSR count). The Kier molecular flexibility index (Phi) is 1.42. The highest BCUT2D eigenvalue weighted by Gasteiger charge is 2.33. The molecule has 11 heavy (non-hydrogen) atoms. The molecule has 1 heterocycles. The van der Waals surface area contributed by atoms with E-state index in [0.29, 0.717) is 0 Å². The van der Waals surface area contributed by atoms with Crippen molar-refractivity contribution in [3.63, 3.8) is 0 Å². The Hall–Kier alpha value is -0.900. The molecular weight excluding hydrogens is 142 g/mol. The fourth-order valence-electron chi connectivity index (χ4n) is 1.41. The van der Waals surface area contributed by atoms with Crippen LogP contribution in [-0.2, 0) is 7.05 Å². The fraction of sp³-hybridized carbons (Fsp3) is 0.714. The van der Waals surface area contributed by atoms with Crippen LogP contribution >= 0.6 is 0 Å². The molecule has 4 nitrogen and oxygen atoms in total. The monoisotopic (exact) mass is 153 g/mol. The molecule has 1 aliphatic rings. The molecule has 0 aliphatic heterocycles. The van der Waals surface area contributed by atoms with Crippen molar-refractivity contribution in [2.24, 2.45) is 7.05 Å². The Morgan fingerprint density at radius 1 is 1.64 bits per heavy atom. The summed E-state index contributed by atoms with van der Waals surface area (Å²) in [6.45, 7) is 0. The molecule has 0 spiro atoms. The quantitative estimate of drug-likeness (QED) is 0.620. The molecule has 1 N–H and O–H groups in total. The van der Waals surface area contributed by atoms with Gasteiger partial charge in [-0.05, 0) is 12.8 Å². The first-order valence-corrected chi connectivity index (χ1v) is 3.81. The summed E-state index contributed by atoms with van der Waals surface area (Å²) < 4.78 is 1.87. The normalized spacial score (nSPS) is 30.0. The maximum absolute atomic E-state index is 9.32. The molecule has 2 unspecified atom stereocenters. The minimum absolute atomic E-state index is 0.196. The van der Waals surface area contributed by atoms with Crippen LogP contribution < -0.4 is 0 Å². The Balaban J connectivity index is 2.22. The largest absolute Gasteiger partial charge is 0.392 e. The third kappa shape index (κ3) is 0.939. The van der Waals surface area contributed by atoms with Crippen LogP contribution in [0.25, 0.3) is 0 Å². The third-order valence-corrected chi connectivity index (χ3v) is 2.32. The van der Waals surface area contributed by atoms with Crippen LogP contribution in [0.2, 0.25) is 0 Å². The second kappa shape index (κ2) is 2.30. The highest BCUT2D eigenvalue weighted by molar-refractivity contribution is 5.04. The van der Waals surface area contributed by atoms with Gasteiger partial charge in [-0.25, -0.2) is 0 Å². The van der Waals surface area contributed by atoms with Gasteiger partial charge < -0.3 is 9.67 Å². The predicted octanol–water partition coefficient (Wildman–Crippen LogP) is 0.0534. The summed E-state index contributed by atoms with van der Waals surface area (Å²) >= 11 is 0. The second-order valence-electron chi connectivity index (χ2n) is 3.05. The van der Waals surface area contributed by atoms with Crippen molar-refractivity contribution < 1.29 is 5.11 Å². The number of hydrogen-bond acceptors (Lipinski definition) is 3. The van der Waals surface area contributed by atoms with E-state index >= 15 is 0 Å². The fourth-order valence-corrected chi connectivity index (χ4v) is 1.41. The van der Waals surface area contributed by atoms with Crippen LogP contribution in [0.3, 0.4) is 0 Å². The summed E-state index contributed by atoms with van der Waals surface area (Å²) in [6.07, 6.45) is 3.41. The van der Waals surface area contributed by atoms with Crippen molar-refractivity contribution in [2.45, 2.75) is 24.9 Å². The van der Waals surface area contributed by atoms with Crippen LogP contribution in [0.15, 0.2) is 6.33 Å². The van der Waals surface area contributed by atoms with Gasteiger partial charge in [0.05, 0.1) is 6.10 Å². The number of rotatable bonds is 1. The SMILES string of the molecule is Cn1cnnc1C1CCC1O. The molecule has 60 valence electrons. The predicted molar refractivity (Wildman–Crippen MR) is 39.0 cm³/mol. The Labute approximate surface area is 64.9 Å².